The number of hydrogen-bond acceptors (Lipinski definition) is 5. The lowest BCUT2D eigenvalue weighted by Gasteiger charge is -2.12. The van der Waals surface area contributed by atoms with E-state index in [1.807, 2.05) is 26.8 Å². The van der Waals surface area contributed by atoms with Gasteiger partial charge in [0.25, 0.3) is 15.9 Å². The van der Waals surface area contributed by atoms with Gasteiger partial charge in [0.2, 0.25) is 5.91 Å². The highest BCUT2D eigenvalue weighted by Gasteiger charge is 2.23. The molecule has 4 rings (SSSR count). The van der Waals surface area contributed by atoms with Gasteiger partial charge in [0, 0.05) is 28.1 Å². The molecule has 0 unspecified atom stereocenters. The number of ether oxygens (including phenoxy) is 1. The van der Waals surface area contributed by atoms with Crippen molar-refractivity contribution in [3.63, 3.8) is 0 Å². The van der Waals surface area contributed by atoms with Crippen LogP contribution in [0.5, 0.6) is 5.75 Å². The van der Waals surface area contributed by atoms with Gasteiger partial charge in [-0.15, -0.1) is 0 Å². The summed E-state index contributed by atoms with van der Waals surface area (Å²) in [6.45, 7) is 5.90. The fraction of sp³-hybridized carbons (Fsp3) is 0.241. The molecule has 1 aromatic heterocycles. The second kappa shape index (κ2) is 11.0. The van der Waals surface area contributed by atoms with Crippen molar-refractivity contribution in [3.8, 4) is 5.75 Å². The maximum Gasteiger partial charge on any atom is 0.264 e. The van der Waals surface area contributed by atoms with E-state index in [2.05, 4.69) is 4.72 Å². The Bertz CT molecular complexity index is 1610. The van der Waals surface area contributed by atoms with E-state index in [0.717, 1.165) is 16.5 Å². The van der Waals surface area contributed by atoms with Crippen molar-refractivity contribution in [2.45, 2.75) is 44.4 Å². The largest absolute Gasteiger partial charge is 0.497 e. The van der Waals surface area contributed by atoms with Gasteiger partial charge in [-0.3, -0.25) is 14.2 Å². The molecule has 1 heterocycles. The Hall–Kier alpha value is -3.62. The number of carbonyl (C=O) groups excluding carboxylic acids is 2. The fourth-order valence-corrected chi connectivity index (χ4v) is 5.52. The predicted octanol–water partition coefficient (Wildman–Crippen LogP) is 5.86. The van der Waals surface area contributed by atoms with Gasteiger partial charge in [0.1, 0.15) is 5.75 Å². The van der Waals surface area contributed by atoms with Crippen LogP contribution in [0.4, 0.5) is 0 Å². The number of sulfonamides is 1. The second-order valence-electron chi connectivity index (χ2n) is 9.35. The summed E-state index contributed by atoms with van der Waals surface area (Å²) in [5, 5.41) is 1.32. The molecule has 7 nitrogen and oxygen atoms in total. The molecule has 4 aromatic rings. The van der Waals surface area contributed by atoms with Gasteiger partial charge in [-0.25, -0.2) is 13.1 Å². The maximum atomic E-state index is 13.6. The van der Waals surface area contributed by atoms with Gasteiger partial charge in [-0.1, -0.05) is 37.6 Å². The summed E-state index contributed by atoms with van der Waals surface area (Å²) in [6, 6.07) is 18.4. The van der Waals surface area contributed by atoms with E-state index in [4.69, 9.17) is 16.3 Å². The van der Waals surface area contributed by atoms with Crippen LogP contribution in [0.15, 0.2) is 71.6 Å². The third kappa shape index (κ3) is 5.61. The summed E-state index contributed by atoms with van der Waals surface area (Å²) in [7, 11) is -2.46. The van der Waals surface area contributed by atoms with Crippen LogP contribution in [0.2, 0.25) is 5.02 Å². The average molecular weight is 553 g/mol. The topological polar surface area (TPSA) is 94.5 Å². The first-order valence-corrected chi connectivity index (χ1v) is 14.0. The molecule has 0 aliphatic heterocycles. The van der Waals surface area contributed by atoms with Crippen molar-refractivity contribution in [2.75, 3.05) is 7.11 Å². The fourth-order valence-electron chi connectivity index (χ4n) is 4.38. The Morgan fingerprint density at radius 2 is 1.66 bits per heavy atom. The maximum absolute atomic E-state index is 13.6. The summed E-state index contributed by atoms with van der Waals surface area (Å²) in [6.07, 6.45) is 0.0152. The standard InChI is InChI=1S/C29H29ClN2O5S/c1-18(2)20-7-12-24(13-8-20)38(35,36)31-28(33)16-15-26-19(3)25-17-23(37-4)11-14-27(25)32(26)29(34)21-5-9-22(30)10-6-21/h5-14,17-18H,15-16H2,1-4H3,(H,31,33). The number of amides is 1. The molecule has 0 aliphatic carbocycles. The molecule has 0 spiro atoms. The van der Waals surface area contributed by atoms with Gasteiger partial charge in [-0.05, 0) is 85.0 Å². The number of methoxy groups -OCH3 is 1. The van der Waals surface area contributed by atoms with Crippen LogP contribution in [-0.2, 0) is 21.2 Å². The first kappa shape index (κ1) is 27.4. The van der Waals surface area contributed by atoms with Crippen LogP contribution in [-0.4, -0.2) is 31.9 Å². The van der Waals surface area contributed by atoms with Crippen molar-refractivity contribution in [3.05, 3.63) is 94.1 Å². The Morgan fingerprint density at radius 3 is 2.26 bits per heavy atom. The Balaban J connectivity index is 1.62. The van der Waals surface area contributed by atoms with Gasteiger partial charge in [0.05, 0.1) is 17.5 Å². The van der Waals surface area contributed by atoms with E-state index in [-0.39, 0.29) is 29.6 Å². The lowest BCUT2D eigenvalue weighted by Crippen LogP contribution is -2.31. The summed E-state index contributed by atoms with van der Waals surface area (Å²) < 4.78 is 34.7. The highest BCUT2D eigenvalue weighted by molar-refractivity contribution is 7.90. The lowest BCUT2D eigenvalue weighted by molar-refractivity contribution is -0.119. The first-order chi connectivity index (χ1) is 18.0. The molecule has 198 valence electrons. The number of nitrogens with one attached hydrogen (secondary N) is 1. The zero-order chi connectivity index (χ0) is 27.6. The van der Waals surface area contributed by atoms with Crippen LogP contribution < -0.4 is 9.46 Å². The number of rotatable bonds is 8. The summed E-state index contributed by atoms with van der Waals surface area (Å²) in [4.78, 5) is 26.4. The second-order valence-corrected chi connectivity index (χ2v) is 11.5. The molecule has 38 heavy (non-hydrogen) atoms. The molecule has 3 aromatic carbocycles. The van der Waals surface area contributed by atoms with Crippen molar-refractivity contribution >= 4 is 44.3 Å². The molecule has 1 N–H and O–H groups in total. The third-order valence-corrected chi connectivity index (χ3v) is 8.18. The monoisotopic (exact) mass is 552 g/mol. The van der Waals surface area contributed by atoms with Crippen molar-refractivity contribution in [1.29, 1.82) is 0 Å². The van der Waals surface area contributed by atoms with Gasteiger partial charge >= 0.3 is 0 Å². The third-order valence-electron chi connectivity index (χ3n) is 6.54. The SMILES string of the molecule is COc1ccc2c(c1)c(C)c(CCC(=O)NS(=O)(=O)c1ccc(C(C)C)cc1)n2C(=O)c1ccc(Cl)cc1. The number of benzene rings is 3. The van der Waals surface area contributed by atoms with Crippen LogP contribution in [0, 0.1) is 6.92 Å². The van der Waals surface area contributed by atoms with E-state index in [1.165, 1.54) is 12.1 Å². The van der Waals surface area contributed by atoms with Crippen molar-refractivity contribution in [2.24, 2.45) is 0 Å². The van der Waals surface area contributed by atoms with E-state index in [9.17, 15) is 18.0 Å². The smallest absolute Gasteiger partial charge is 0.264 e. The normalized spacial score (nSPS) is 11.6. The van der Waals surface area contributed by atoms with E-state index in [1.54, 1.807) is 60.2 Å². The summed E-state index contributed by atoms with van der Waals surface area (Å²) in [5.74, 6) is -0.0497. The van der Waals surface area contributed by atoms with Crippen LogP contribution >= 0.6 is 11.6 Å². The summed E-state index contributed by atoms with van der Waals surface area (Å²) >= 11 is 6.00. The Kier molecular flexibility index (Phi) is 7.94. The molecule has 0 saturated heterocycles. The minimum atomic E-state index is -4.03. The number of hydrogen-bond donors (Lipinski definition) is 1. The molecule has 0 aliphatic rings. The quantitative estimate of drug-likeness (QED) is 0.295. The highest BCUT2D eigenvalue weighted by Crippen LogP contribution is 2.31. The van der Waals surface area contributed by atoms with Crippen molar-refractivity contribution in [1.82, 2.24) is 9.29 Å². The molecule has 0 radical (unpaired) electrons. The van der Waals surface area contributed by atoms with Gasteiger partial charge < -0.3 is 4.74 Å². The molecule has 9 heteroatoms. The molecule has 0 saturated carbocycles. The first-order valence-electron chi connectivity index (χ1n) is 12.2. The van der Waals surface area contributed by atoms with Gasteiger partial charge in [-0.2, -0.15) is 0 Å². The van der Waals surface area contributed by atoms with Gasteiger partial charge in [0.15, 0.2) is 0 Å². The number of fused-ring (bicyclic) bond motifs is 1. The number of carbonyl (C=O) groups is 2. The lowest BCUT2D eigenvalue weighted by atomic mass is 10.0. The number of halogens is 1. The van der Waals surface area contributed by atoms with Crippen molar-refractivity contribution < 1.29 is 22.7 Å². The molecule has 0 atom stereocenters. The van der Waals surface area contributed by atoms with Crippen LogP contribution in [0.3, 0.4) is 0 Å². The number of aryl methyl sites for hydroxylation is 1. The van der Waals surface area contributed by atoms with E-state index < -0.39 is 15.9 Å². The van der Waals surface area contributed by atoms with E-state index >= 15 is 0 Å². The zero-order valence-corrected chi connectivity index (χ0v) is 23.2. The minimum absolute atomic E-state index is 0.0190. The highest BCUT2D eigenvalue weighted by atomic mass is 35.5. The average Bonchev–Trinajstić information content (AvgIpc) is 3.17. The number of aromatic nitrogens is 1. The molecule has 0 bridgehead atoms. The predicted molar refractivity (Wildman–Crippen MR) is 149 cm³/mol. The molecular formula is C29H29ClN2O5S. The minimum Gasteiger partial charge on any atom is -0.497 e. The van der Waals surface area contributed by atoms with Crippen LogP contribution in [0.1, 0.15) is 53.4 Å². The molecule has 1 amide bonds. The molecule has 0 fully saturated rings. The Labute approximate surface area is 227 Å². The van der Waals surface area contributed by atoms with Crippen LogP contribution in [0.25, 0.3) is 10.9 Å². The summed E-state index contributed by atoms with van der Waals surface area (Å²) in [5.41, 5.74) is 3.51. The zero-order valence-electron chi connectivity index (χ0n) is 21.6. The Morgan fingerprint density at radius 1 is 1.00 bits per heavy atom. The molecular weight excluding hydrogens is 524 g/mol. The van der Waals surface area contributed by atoms with E-state index in [0.29, 0.717) is 27.5 Å². The number of nitrogens with zero attached hydrogens (tertiary/aromatic N) is 1.